The van der Waals surface area contributed by atoms with Gasteiger partial charge in [0.05, 0.1) is 12.0 Å². The van der Waals surface area contributed by atoms with Crippen molar-refractivity contribution in [3.63, 3.8) is 0 Å². The average molecular weight is 395 g/mol. The fourth-order valence-corrected chi connectivity index (χ4v) is 2.86. The van der Waals surface area contributed by atoms with Gasteiger partial charge in [0, 0.05) is 23.9 Å². The third-order valence-corrected chi connectivity index (χ3v) is 4.11. The molecule has 0 radical (unpaired) electrons. The Morgan fingerprint density at radius 3 is 2.56 bits per heavy atom. The van der Waals surface area contributed by atoms with Gasteiger partial charge in [-0.2, -0.15) is 0 Å². The molecule has 27 heavy (non-hydrogen) atoms. The molecule has 0 spiro atoms. The first-order valence-electron chi connectivity index (χ1n) is 8.58. The number of ether oxygens (including phenoxy) is 2. The first kappa shape index (κ1) is 20.9. The summed E-state index contributed by atoms with van der Waals surface area (Å²) in [5.74, 6) is -1.96. The molecule has 7 nitrogen and oxygen atoms in total. The molecule has 2 amide bonds. The van der Waals surface area contributed by atoms with E-state index >= 15 is 0 Å². The van der Waals surface area contributed by atoms with Gasteiger partial charge in [-0.25, -0.2) is 0 Å². The van der Waals surface area contributed by atoms with E-state index in [1.54, 1.807) is 50.3 Å². The Bertz CT molecular complexity index is 735. The van der Waals surface area contributed by atoms with Gasteiger partial charge in [-0.1, -0.05) is 29.8 Å². The van der Waals surface area contributed by atoms with Gasteiger partial charge in [0.15, 0.2) is 0 Å². The van der Waals surface area contributed by atoms with Crippen LogP contribution in [0, 0.1) is 5.92 Å². The SMILES string of the molecule is CO[C@H](C(=O)Nc1cccc(Cl)c1)C(=O)N[C@H]1C=C[C@@H](C(=O)OC(C)C)C1. The van der Waals surface area contributed by atoms with E-state index in [2.05, 4.69) is 10.6 Å². The summed E-state index contributed by atoms with van der Waals surface area (Å²) in [5.41, 5.74) is 0.458. The summed E-state index contributed by atoms with van der Waals surface area (Å²) in [6.07, 6.45) is 2.26. The maximum Gasteiger partial charge on any atom is 0.313 e. The normalized spacial score (nSPS) is 19.6. The number of carbonyl (C=O) groups excluding carboxylic acids is 3. The summed E-state index contributed by atoms with van der Waals surface area (Å²) in [6.45, 7) is 3.55. The number of esters is 1. The van der Waals surface area contributed by atoms with E-state index in [0.717, 1.165) is 0 Å². The number of methoxy groups -OCH3 is 1. The molecular formula is C19H23ClN2O5. The predicted molar refractivity (Wildman–Crippen MR) is 101 cm³/mol. The van der Waals surface area contributed by atoms with Crippen LogP contribution < -0.4 is 10.6 Å². The average Bonchev–Trinajstić information content (AvgIpc) is 3.03. The van der Waals surface area contributed by atoms with Crippen molar-refractivity contribution in [1.82, 2.24) is 5.32 Å². The van der Waals surface area contributed by atoms with Crippen LogP contribution in [-0.2, 0) is 23.9 Å². The van der Waals surface area contributed by atoms with Crippen LogP contribution in [-0.4, -0.2) is 43.1 Å². The predicted octanol–water partition coefficient (Wildman–Crippen LogP) is 2.31. The highest BCUT2D eigenvalue weighted by Gasteiger charge is 2.32. The lowest BCUT2D eigenvalue weighted by Crippen LogP contribution is -2.47. The van der Waals surface area contributed by atoms with Gasteiger partial charge in [-0.05, 0) is 38.5 Å². The Labute approximate surface area is 163 Å². The fraction of sp³-hybridized carbons (Fsp3) is 0.421. The maximum absolute atomic E-state index is 12.4. The summed E-state index contributed by atoms with van der Waals surface area (Å²) < 4.78 is 10.2. The number of hydrogen-bond donors (Lipinski definition) is 2. The molecule has 0 unspecified atom stereocenters. The van der Waals surface area contributed by atoms with Crippen molar-refractivity contribution >= 4 is 35.1 Å². The number of benzene rings is 1. The smallest absolute Gasteiger partial charge is 0.313 e. The molecule has 1 aromatic carbocycles. The van der Waals surface area contributed by atoms with Crippen LogP contribution in [0.25, 0.3) is 0 Å². The van der Waals surface area contributed by atoms with Crippen molar-refractivity contribution in [3.8, 4) is 0 Å². The van der Waals surface area contributed by atoms with Crippen molar-refractivity contribution in [1.29, 1.82) is 0 Å². The van der Waals surface area contributed by atoms with Crippen molar-refractivity contribution in [2.45, 2.75) is 38.5 Å². The zero-order valence-corrected chi connectivity index (χ0v) is 16.2. The first-order chi connectivity index (χ1) is 12.8. The van der Waals surface area contributed by atoms with Gasteiger partial charge in [0.25, 0.3) is 11.8 Å². The summed E-state index contributed by atoms with van der Waals surface area (Å²) >= 11 is 5.88. The van der Waals surface area contributed by atoms with Crippen LogP contribution in [0.4, 0.5) is 5.69 Å². The molecule has 1 aliphatic rings. The summed E-state index contributed by atoms with van der Waals surface area (Å²) in [7, 11) is 1.27. The van der Waals surface area contributed by atoms with Crippen LogP contribution >= 0.6 is 11.6 Å². The van der Waals surface area contributed by atoms with Crippen molar-refractivity contribution in [2.75, 3.05) is 12.4 Å². The Hall–Kier alpha value is -2.38. The van der Waals surface area contributed by atoms with Gasteiger partial charge in [0.2, 0.25) is 6.10 Å². The monoisotopic (exact) mass is 394 g/mol. The highest BCUT2D eigenvalue weighted by atomic mass is 35.5. The quantitative estimate of drug-likeness (QED) is 0.420. The molecule has 2 rings (SSSR count). The lowest BCUT2D eigenvalue weighted by molar-refractivity contribution is -0.151. The molecule has 0 aromatic heterocycles. The number of hydrogen-bond acceptors (Lipinski definition) is 5. The summed E-state index contributed by atoms with van der Waals surface area (Å²) in [6, 6.07) is 6.19. The number of rotatable bonds is 7. The number of amides is 2. The molecule has 1 aliphatic carbocycles. The Morgan fingerprint density at radius 1 is 1.19 bits per heavy atom. The summed E-state index contributed by atoms with van der Waals surface area (Å²) in [5, 5.41) is 5.75. The second-order valence-electron chi connectivity index (χ2n) is 6.44. The third kappa shape index (κ3) is 6.08. The minimum absolute atomic E-state index is 0.201. The minimum Gasteiger partial charge on any atom is -0.463 e. The van der Waals surface area contributed by atoms with E-state index < -0.39 is 23.8 Å². The maximum atomic E-state index is 12.4. The van der Waals surface area contributed by atoms with Crippen LogP contribution in [0.15, 0.2) is 36.4 Å². The molecular weight excluding hydrogens is 372 g/mol. The lowest BCUT2D eigenvalue weighted by atomic mass is 10.1. The van der Waals surface area contributed by atoms with E-state index in [0.29, 0.717) is 17.1 Å². The van der Waals surface area contributed by atoms with E-state index in [1.165, 1.54) is 7.11 Å². The second-order valence-corrected chi connectivity index (χ2v) is 6.88. The second kappa shape index (κ2) is 9.53. The van der Waals surface area contributed by atoms with Crippen LogP contribution in [0.1, 0.15) is 20.3 Å². The molecule has 146 valence electrons. The summed E-state index contributed by atoms with van der Waals surface area (Å²) in [4.78, 5) is 36.7. The molecule has 8 heteroatoms. The van der Waals surface area contributed by atoms with E-state index in [-0.39, 0.29) is 18.1 Å². The highest BCUT2D eigenvalue weighted by molar-refractivity contribution is 6.31. The Kier molecular flexibility index (Phi) is 7.38. The zero-order valence-electron chi connectivity index (χ0n) is 15.4. The minimum atomic E-state index is -1.33. The lowest BCUT2D eigenvalue weighted by Gasteiger charge is -2.19. The molecule has 0 bridgehead atoms. The topological polar surface area (TPSA) is 93.7 Å². The van der Waals surface area contributed by atoms with Gasteiger partial charge in [0.1, 0.15) is 0 Å². The molecule has 2 N–H and O–H groups in total. The Morgan fingerprint density at radius 2 is 1.93 bits per heavy atom. The van der Waals surface area contributed by atoms with Crippen LogP contribution in [0.5, 0.6) is 0 Å². The fourth-order valence-electron chi connectivity index (χ4n) is 2.67. The van der Waals surface area contributed by atoms with Crippen molar-refractivity contribution in [2.24, 2.45) is 5.92 Å². The molecule has 3 atom stereocenters. The van der Waals surface area contributed by atoms with Crippen molar-refractivity contribution < 1.29 is 23.9 Å². The zero-order chi connectivity index (χ0) is 20.0. The van der Waals surface area contributed by atoms with E-state index in [9.17, 15) is 14.4 Å². The van der Waals surface area contributed by atoms with E-state index in [1.807, 2.05) is 0 Å². The first-order valence-corrected chi connectivity index (χ1v) is 8.96. The number of carbonyl (C=O) groups is 3. The molecule has 0 saturated carbocycles. The molecule has 0 fully saturated rings. The van der Waals surface area contributed by atoms with E-state index in [4.69, 9.17) is 21.1 Å². The van der Waals surface area contributed by atoms with Gasteiger partial charge >= 0.3 is 5.97 Å². The van der Waals surface area contributed by atoms with Gasteiger partial charge in [-0.3, -0.25) is 14.4 Å². The van der Waals surface area contributed by atoms with Crippen LogP contribution in [0.3, 0.4) is 0 Å². The largest absolute Gasteiger partial charge is 0.463 e. The van der Waals surface area contributed by atoms with Gasteiger partial charge in [-0.15, -0.1) is 0 Å². The van der Waals surface area contributed by atoms with Crippen LogP contribution in [0.2, 0.25) is 5.02 Å². The highest BCUT2D eigenvalue weighted by Crippen LogP contribution is 2.20. The number of nitrogens with one attached hydrogen (secondary N) is 2. The molecule has 0 heterocycles. The third-order valence-electron chi connectivity index (χ3n) is 3.87. The standard InChI is InChI=1S/C19H23ClN2O5/c1-11(2)27-19(25)12-7-8-15(9-12)22-18(24)16(26-3)17(23)21-14-6-4-5-13(20)10-14/h4-8,10-12,15-16H,9H2,1-3H3,(H,21,23)(H,22,24)/t12-,15+,16-/m1/s1. The number of halogens is 1. The number of anilines is 1. The Balaban J connectivity index is 1.90. The molecule has 0 aliphatic heterocycles. The van der Waals surface area contributed by atoms with Gasteiger partial charge < -0.3 is 20.1 Å². The molecule has 1 aromatic rings. The molecule has 0 saturated heterocycles. The van der Waals surface area contributed by atoms with Crippen molar-refractivity contribution in [3.05, 3.63) is 41.4 Å².